The summed E-state index contributed by atoms with van der Waals surface area (Å²) in [5.41, 5.74) is 0.869. The molecular formula is C17H20ClIN6OS. The molecule has 0 unspecified atom stereocenters. The van der Waals surface area contributed by atoms with Crippen molar-refractivity contribution in [3.63, 3.8) is 0 Å². The van der Waals surface area contributed by atoms with Gasteiger partial charge in [0.2, 0.25) is 11.7 Å². The van der Waals surface area contributed by atoms with E-state index in [1.165, 1.54) is 4.88 Å². The predicted octanol–water partition coefficient (Wildman–Crippen LogP) is 3.68. The Labute approximate surface area is 183 Å². The Morgan fingerprint density at radius 1 is 1.26 bits per heavy atom. The molecule has 0 radical (unpaired) electrons. The first-order valence-corrected chi connectivity index (χ1v) is 9.28. The van der Waals surface area contributed by atoms with E-state index < -0.39 is 0 Å². The second-order valence-corrected chi connectivity index (χ2v) is 7.24. The molecule has 0 aliphatic rings. The number of benzene rings is 1. The highest BCUT2D eigenvalue weighted by Crippen LogP contribution is 2.18. The Morgan fingerprint density at radius 3 is 2.70 bits per heavy atom. The van der Waals surface area contributed by atoms with Crippen LogP contribution >= 0.6 is 46.9 Å². The molecule has 0 bridgehead atoms. The number of hydrogen-bond donors (Lipinski definition) is 2. The van der Waals surface area contributed by atoms with Crippen molar-refractivity contribution in [3.05, 3.63) is 51.3 Å². The molecule has 0 amide bonds. The molecule has 7 nitrogen and oxygen atoms in total. The molecule has 2 N–H and O–H groups in total. The third-order valence-electron chi connectivity index (χ3n) is 3.50. The number of nitrogens with one attached hydrogen (secondary N) is 2. The SMILES string of the molecule is CN=C(NCCc1nc(-c2ccc(Cl)cc2)no1)NCc1ncc(C)s1.I. The molecule has 27 heavy (non-hydrogen) atoms. The van der Waals surface area contributed by atoms with Gasteiger partial charge in [-0.05, 0) is 31.2 Å². The van der Waals surface area contributed by atoms with Gasteiger partial charge in [-0.3, -0.25) is 4.99 Å². The number of aryl methyl sites for hydroxylation is 1. The minimum atomic E-state index is 0. The highest BCUT2D eigenvalue weighted by Gasteiger charge is 2.09. The summed E-state index contributed by atoms with van der Waals surface area (Å²) in [6.07, 6.45) is 2.46. The predicted molar refractivity (Wildman–Crippen MR) is 119 cm³/mol. The van der Waals surface area contributed by atoms with Crippen LogP contribution in [0.5, 0.6) is 0 Å². The third kappa shape index (κ3) is 6.43. The molecule has 0 aliphatic carbocycles. The Balaban J connectivity index is 0.00000261. The van der Waals surface area contributed by atoms with E-state index in [2.05, 4.69) is 30.8 Å². The fourth-order valence-electron chi connectivity index (χ4n) is 2.22. The van der Waals surface area contributed by atoms with Crippen molar-refractivity contribution in [2.24, 2.45) is 4.99 Å². The zero-order valence-electron chi connectivity index (χ0n) is 14.9. The molecule has 1 aromatic carbocycles. The summed E-state index contributed by atoms with van der Waals surface area (Å²) < 4.78 is 5.29. The molecule has 0 atom stereocenters. The number of hydrogen-bond acceptors (Lipinski definition) is 6. The monoisotopic (exact) mass is 518 g/mol. The average Bonchev–Trinajstić information content (AvgIpc) is 3.28. The topological polar surface area (TPSA) is 88.2 Å². The van der Waals surface area contributed by atoms with E-state index in [9.17, 15) is 0 Å². The van der Waals surface area contributed by atoms with Crippen LogP contribution in [-0.4, -0.2) is 34.7 Å². The lowest BCUT2D eigenvalue weighted by Gasteiger charge is -2.09. The van der Waals surface area contributed by atoms with Crippen LogP contribution in [0.2, 0.25) is 5.02 Å². The first kappa shape index (κ1) is 21.6. The van der Waals surface area contributed by atoms with E-state index in [0.717, 1.165) is 10.6 Å². The minimum absolute atomic E-state index is 0. The van der Waals surface area contributed by atoms with Gasteiger partial charge in [0.1, 0.15) is 5.01 Å². The molecule has 3 aromatic rings. The number of halogens is 2. The van der Waals surface area contributed by atoms with Crippen molar-refractivity contribution in [1.29, 1.82) is 0 Å². The average molecular weight is 519 g/mol. The van der Waals surface area contributed by atoms with Gasteiger partial charge in [-0.15, -0.1) is 35.3 Å². The van der Waals surface area contributed by atoms with Crippen LogP contribution < -0.4 is 10.6 Å². The quantitative estimate of drug-likeness (QED) is 0.294. The van der Waals surface area contributed by atoms with Gasteiger partial charge in [-0.25, -0.2) is 4.98 Å². The molecule has 2 heterocycles. The lowest BCUT2D eigenvalue weighted by atomic mass is 10.2. The van der Waals surface area contributed by atoms with Crippen molar-refractivity contribution < 1.29 is 4.52 Å². The molecular weight excluding hydrogens is 499 g/mol. The van der Waals surface area contributed by atoms with Gasteiger partial charge < -0.3 is 15.2 Å². The molecule has 3 rings (SSSR count). The molecule has 144 valence electrons. The van der Waals surface area contributed by atoms with Crippen molar-refractivity contribution in [2.45, 2.75) is 19.9 Å². The third-order valence-corrected chi connectivity index (χ3v) is 4.67. The van der Waals surface area contributed by atoms with Crippen LogP contribution in [0.25, 0.3) is 11.4 Å². The van der Waals surface area contributed by atoms with Crippen LogP contribution in [0.1, 0.15) is 15.8 Å². The van der Waals surface area contributed by atoms with Crippen molar-refractivity contribution >= 4 is 52.9 Å². The number of nitrogens with zero attached hydrogens (tertiary/aromatic N) is 4. The maximum absolute atomic E-state index is 5.89. The Morgan fingerprint density at radius 2 is 2.04 bits per heavy atom. The standard InChI is InChI=1S/C17H19ClN6OS.HI/c1-11-9-21-15(26-11)10-22-17(19-2)20-8-7-14-23-16(24-25-14)12-3-5-13(18)6-4-12;/h3-6,9H,7-8,10H2,1-2H3,(H2,19,20,22);1H. The zero-order chi connectivity index (χ0) is 18.4. The normalized spacial score (nSPS) is 11.1. The zero-order valence-corrected chi connectivity index (χ0v) is 18.8. The summed E-state index contributed by atoms with van der Waals surface area (Å²) in [6.45, 7) is 3.30. The second-order valence-electron chi connectivity index (χ2n) is 5.49. The fourth-order valence-corrected chi connectivity index (χ4v) is 3.08. The number of guanidine groups is 1. The van der Waals surface area contributed by atoms with E-state index in [1.807, 2.05) is 25.3 Å². The summed E-state index contributed by atoms with van der Waals surface area (Å²) in [7, 11) is 1.73. The highest BCUT2D eigenvalue weighted by molar-refractivity contribution is 14.0. The largest absolute Gasteiger partial charge is 0.356 e. The molecule has 0 saturated heterocycles. The molecule has 0 aliphatic heterocycles. The Hall–Kier alpha value is -1.72. The van der Waals surface area contributed by atoms with Gasteiger partial charge >= 0.3 is 0 Å². The second kappa shape index (κ2) is 10.6. The fraction of sp³-hybridized carbons (Fsp3) is 0.294. The number of thiazole rings is 1. The minimum Gasteiger partial charge on any atom is -0.356 e. The summed E-state index contributed by atoms with van der Waals surface area (Å²) in [6, 6.07) is 7.32. The van der Waals surface area contributed by atoms with Crippen LogP contribution in [0.4, 0.5) is 0 Å². The Kier molecular flexibility index (Phi) is 8.45. The maximum Gasteiger partial charge on any atom is 0.228 e. The van der Waals surface area contributed by atoms with E-state index in [0.29, 0.717) is 42.2 Å². The number of aliphatic imine (C=N–C) groups is 1. The molecule has 0 saturated carbocycles. The highest BCUT2D eigenvalue weighted by atomic mass is 127. The van der Waals surface area contributed by atoms with Crippen molar-refractivity contribution in [2.75, 3.05) is 13.6 Å². The van der Waals surface area contributed by atoms with E-state index in [1.54, 1.807) is 30.5 Å². The first-order valence-electron chi connectivity index (χ1n) is 8.08. The number of rotatable bonds is 6. The van der Waals surface area contributed by atoms with Gasteiger partial charge in [0.25, 0.3) is 0 Å². The smallest absolute Gasteiger partial charge is 0.228 e. The van der Waals surface area contributed by atoms with Crippen LogP contribution in [0.3, 0.4) is 0 Å². The van der Waals surface area contributed by atoms with Crippen LogP contribution in [0, 0.1) is 6.92 Å². The van der Waals surface area contributed by atoms with Gasteiger partial charge in [-0.2, -0.15) is 4.98 Å². The van der Waals surface area contributed by atoms with Gasteiger partial charge in [-0.1, -0.05) is 16.8 Å². The summed E-state index contributed by atoms with van der Waals surface area (Å²) in [5, 5.41) is 12.2. The maximum atomic E-state index is 5.89. The lowest BCUT2D eigenvalue weighted by molar-refractivity contribution is 0.378. The van der Waals surface area contributed by atoms with Crippen LogP contribution in [-0.2, 0) is 13.0 Å². The first-order chi connectivity index (χ1) is 12.6. The van der Waals surface area contributed by atoms with Gasteiger partial charge in [0.15, 0.2) is 5.96 Å². The number of aromatic nitrogens is 3. The summed E-state index contributed by atoms with van der Waals surface area (Å²) in [4.78, 5) is 14.1. The van der Waals surface area contributed by atoms with E-state index >= 15 is 0 Å². The lowest BCUT2D eigenvalue weighted by Crippen LogP contribution is -2.37. The molecule has 0 spiro atoms. The van der Waals surface area contributed by atoms with Crippen molar-refractivity contribution in [3.8, 4) is 11.4 Å². The van der Waals surface area contributed by atoms with Gasteiger partial charge in [0.05, 0.1) is 6.54 Å². The van der Waals surface area contributed by atoms with Gasteiger partial charge in [0, 0.05) is 41.7 Å². The molecule has 2 aromatic heterocycles. The van der Waals surface area contributed by atoms with E-state index in [-0.39, 0.29) is 24.0 Å². The Bertz CT molecular complexity index is 880. The summed E-state index contributed by atoms with van der Waals surface area (Å²) in [5.74, 6) is 1.82. The van der Waals surface area contributed by atoms with Crippen LogP contribution in [0.15, 0.2) is 40.0 Å². The molecule has 0 fully saturated rings. The van der Waals surface area contributed by atoms with Crippen molar-refractivity contribution in [1.82, 2.24) is 25.8 Å². The van der Waals surface area contributed by atoms with E-state index in [4.69, 9.17) is 16.1 Å². The summed E-state index contributed by atoms with van der Waals surface area (Å²) >= 11 is 7.55. The molecule has 10 heteroatoms.